The van der Waals surface area contributed by atoms with Crippen LogP contribution >= 0.6 is 0 Å². The van der Waals surface area contributed by atoms with Gasteiger partial charge in [-0.1, -0.05) is 19.9 Å². The number of carbonyl (C=O) groups is 2. The lowest BCUT2D eigenvalue weighted by Crippen LogP contribution is -2.47. The normalized spacial score (nSPS) is 12.7. The Morgan fingerprint density at radius 2 is 1.66 bits per heavy atom. The quantitative estimate of drug-likeness (QED) is 0.718. The number of rotatable bonds is 7. The van der Waals surface area contributed by atoms with E-state index < -0.39 is 33.7 Å². The van der Waals surface area contributed by atoms with Crippen LogP contribution in [0.1, 0.15) is 24.2 Å². The third-order valence-corrected chi connectivity index (χ3v) is 6.03. The second-order valence-corrected chi connectivity index (χ2v) is 9.16. The molecule has 1 atom stereocenters. The Bertz CT molecular complexity index is 989. The summed E-state index contributed by atoms with van der Waals surface area (Å²) in [5, 5.41) is 5.28. The summed E-state index contributed by atoms with van der Waals surface area (Å²) in [6, 6.07) is 9.98. The molecule has 0 unspecified atom stereocenters. The molecule has 2 N–H and O–H groups in total. The molecule has 29 heavy (non-hydrogen) atoms. The third kappa shape index (κ3) is 5.61. The molecule has 0 saturated carbocycles. The summed E-state index contributed by atoms with van der Waals surface area (Å²) in [6.45, 7) is 3.53. The lowest BCUT2D eigenvalue weighted by atomic mass is 10.0. The second-order valence-electron chi connectivity index (χ2n) is 7.01. The van der Waals surface area contributed by atoms with Crippen molar-refractivity contribution in [3.63, 3.8) is 0 Å². The zero-order chi connectivity index (χ0) is 21.8. The van der Waals surface area contributed by atoms with Crippen LogP contribution < -0.4 is 10.6 Å². The van der Waals surface area contributed by atoms with Gasteiger partial charge in [-0.15, -0.1) is 0 Å². The number of benzene rings is 2. The summed E-state index contributed by atoms with van der Waals surface area (Å²) in [6.07, 6.45) is 0. The third-order valence-electron chi connectivity index (χ3n) is 4.22. The maximum atomic E-state index is 13.0. The van der Waals surface area contributed by atoms with Crippen LogP contribution in [0, 0.1) is 11.7 Å². The molecule has 7 nitrogen and oxygen atoms in total. The topological polar surface area (TPSA) is 95.6 Å². The fourth-order valence-electron chi connectivity index (χ4n) is 2.53. The molecule has 0 fully saturated rings. The number of anilines is 1. The van der Waals surface area contributed by atoms with Crippen LogP contribution in [0.5, 0.6) is 0 Å². The predicted octanol–water partition coefficient (Wildman–Crippen LogP) is 2.47. The van der Waals surface area contributed by atoms with Crippen LogP contribution in [-0.2, 0) is 14.8 Å². The first kappa shape index (κ1) is 22.5. The summed E-state index contributed by atoms with van der Waals surface area (Å²) in [7, 11) is -0.815. The molecular weight excluding hydrogens is 397 g/mol. The minimum atomic E-state index is -3.65. The molecule has 2 rings (SSSR count). The molecule has 0 heterocycles. The van der Waals surface area contributed by atoms with Gasteiger partial charge in [0.1, 0.15) is 11.9 Å². The molecule has 0 aliphatic heterocycles. The highest BCUT2D eigenvalue weighted by Gasteiger charge is 2.25. The van der Waals surface area contributed by atoms with Crippen molar-refractivity contribution in [2.75, 3.05) is 19.4 Å². The van der Waals surface area contributed by atoms with Crippen molar-refractivity contribution in [2.24, 2.45) is 5.92 Å². The van der Waals surface area contributed by atoms with Crippen molar-refractivity contribution < 1.29 is 22.4 Å². The average molecular weight is 421 g/mol. The molecule has 0 aromatic heterocycles. The van der Waals surface area contributed by atoms with E-state index in [2.05, 4.69) is 10.6 Å². The second kappa shape index (κ2) is 9.15. The fourth-order valence-corrected chi connectivity index (χ4v) is 3.47. The monoisotopic (exact) mass is 421 g/mol. The van der Waals surface area contributed by atoms with Gasteiger partial charge < -0.3 is 10.6 Å². The Balaban J connectivity index is 2.18. The smallest absolute Gasteiger partial charge is 0.251 e. The van der Waals surface area contributed by atoms with E-state index in [9.17, 15) is 22.4 Å². The number of halogens is 1. The van der Waals surface area contributed by atoms with Crippen molar-refractivity contribution >= 4 is 27.5 Å². The fraction of sp³-hybridized carbons (Fsp3) is 0.300. The molecule has 0 aliphatic rings. The summed E-state index contributed by atoms with van der Waals surface area (Å²) >= 11 is 0. The number of sulfonamides is 1. The Kier molecular flexibility index (Phi) is 7.10. The lowest BCUT2D eigenvalue weighted by Gasteiger charge is -2.22. The highest BCUT2D eigenvalue weighted by Crippen LogP contribution is 2.19. The average Bonchev–Trinajstić information content (AvgIpc) is 2.66. The van der Waals surface area contributed by atoms with Crippen LogP contribution in [-0.4, -0.2) is 44.7 Å². The number of amides is 2. The highest BCUT2D eigenvalue weighted by atomic mass is 32.2. The molecule has 2 aromatic carbocycles. The molecule has 156 valence electrons. The molecule has 0 aliphatic carbocycles. The van der Waals surface area contributed by atoms with Crippen LogP contribution in [0.3, 0.4) is 0 Å². The molecule has 2 aromatic rings. The van der Waals surface area contributed by atoms with E-state index in [0.29, 0.717) is 5.69 Å². The summed E-state index contributed by atoms with van der Waals surface area (Å²) < 4.78 is 38.6. The minimum Gasteiger partial charge on any atom is -0.340 e. The molecule has 0 radical (unpaired) electrons. The van der Waals surface area contributed by atoms with E-state index in [0.717, 1.165) is 16.4 Å². The van der Waals surface area contributed by atoms with Gasteiger partial charge in [-0.3, -0.25) is 9.59 Å². The molecular formula is C20H24FN3O4S. The molecule has 0 bridgehead atoms. The molecule has 2 amide bonds. The number of hydrogen-bond donors (Lipinski definition) is 2. The van der Waals surface area contributed by atoms with Crippen LogP contribution in [0.4, 0.5) is 10.1 Å². The number of nitrogens with zero attached hydrogens (tertiary/aromatic N) is 1. The van der Waals surface area contributed by atoms with Crippen LogP contribution in [0.25, 0.3) is 0 Å². The Hall–Kier alpha value is -2.78. The zero-order valence-corrected chi connectivity index (χ0v) is 17.5. The SMILES string of the molecule is CC(C)[C@H](NC(=O)c1ccc(F)cc1)C(=O)Nc1cccc(S(=O)(=O)N(C)C)c1. The Labute approximate surface area is 170 Å². The van der Waals surface area contributed by atoms with E-state index in [-0.39, 0.29) is 16.4 Å². The minimum absolute atomic E-state index is 0.0387. The van der Waals surface area contributed by atoms with Gasteiger partial charge in [0.2, 0.25) is 15.9 Å². The Morgan fingerprint density at radius 1 is 1.03 bits per heavy atom. The van der Waals surface area contributed by atoms with Gasteiger partial charge in [-0.2, -0.15) is 0 Å². The van der Waals surface area contributed by atoms with E-state index >= 15 is 0 Å². The first-order chi connectivity index (χ1) is 13.5. The van der Waals surface area contributed by atoms with Crippen molar-refractivity contribution in [3.05, 3.63) is 59.9 Å². The number of hydrogen-bond acceptors (Lipinski definition) is 4. The van der Waals surface area contributed by atoms with Crippen molar-refractivity contribution in [3.8, 4) is 0 Å². The van der Waals surface area contributed by atoms with Gasteiger partial charge in [0.25, 0.3) is 5.91 Å². The number of carbonyl (C=O) groups excluding carboxylic acids is 2. The Morgan fingerprint density at radius 3 is 2.21 bits per heavy atom. The van der Waals surface area contributed by atoms with E-state index in [1.807, 2.05) is 0 Å². The predicted molar refractivity (Wildman–Crippen MR) is 108 cm³/mol. The van der Waals surface area contributed by atoms with E-state index in [1.165, 1.54) is 44.4 Å². The largest absolute Gasteiger partial charge is 0.340 e. The van der Waals surface area contributed by atoms with Gasteiger partial charge in [0.15, 0.2) is 0 Å². The maximum absolute atomic E-state index is 13.0. The zero-order valence-electron chi connectivity index (χ0n) is 16.6. The van der Waals surface area contributed by atoms with Crippen LogP contribution in [0.2, 0.25) is 0 Å². The van der Waals surface area contributed by atoms with Gasteiger partial charge in [-0.05, 0) is 48.4 Å². The summed E-state index contributed by atoms with van der Waals surface area (Å²) in [4.78, 5) is 25.2. The number of nitrogens with one attached hydrogen (secondary N) is 2. The van der Waals surface area contributed by atoms with Gasteiger partial charge in [0, 0.05) is 25.3 Å². The van der Waals surface area contributed by atoms with E-state index in [1.54, 1.807) is 19.9 Å². The lowest BCUT2D eigenvalue weighted by molar-refractivity contribution is -0.118. The summed E-state index contributed by atoms with van der Waals surface area (Å²) in [5.74, 6) is -1.71. The highest BCUT2D eigenvalue weighted by molar-refractivity contribution is 7.89. The molecule has 0 saturated heterocycles. The van der Waals surface area contributed by atoms with E-state index in [4.69, 9.17) is 0 Å². The van der Waals surface area contributed by atoms with Crippen molar-refractivity contribution in [1.29, 1.82) is 0 Å². The van der Waals surface area contributed by atoms with Gasteiger partial charge in [-0.25, -0.2) is 17.1 Å². The first-order valence-electron chi connectivity index (χ1n) is 8.92. The summed E-state index contributed by atoms with van der Waals surface area (Å²) in [5.41, 5.74) is 0.517. The van der Waals surface area contributed by atoms with Gasteiger partial charge >= 0.3 is 0 Å². The molecule has 9 heteroatoms. The van der Waals surface area contributed by atoms with Crippen LogP contribution in [0.15, 0.2) is 53.4 Å². The first-order valence-corrected chi connectivity index (χ1v) is 10.4. The maximum Gasteiger partial charge on any atom is 0.251 e. The molecule has 0 spiro atoms. The van der Waals surface area contributed by atoms with Crippen molar-refractivity contribution in [2.45, 2.75) is 24.8 Å². The standard InChI is InChI=1S/C20H24FN3O4S/c1-13(2)18(23-19(25)14-8-10-15(21)11-9-14)20(26)22-16-6-5-7-17(12-16)29(27,28)24(3)4/h5-13,18H,1-4H3,(H,22,26)(H,23,25)/t18-/m0/s1. The van der Waals surface area contributed by atoms with Gasteiger partial charge in [0.05, 0.1) is 4.90 Å². The van der Waals surface area contributed by atoms with Crippen molar-refractivity contribution in [1.82, 2.24) is 9.62 Å².